The van der Waals surface area contributed by atoms with Crippen molar-refractivity contribution in [3.8, 4) is 0 Å². The van der Waals surface area contributed by atoms with Gasteiger partial charge in [0.2, 0.25) is 0 Å². The summed E-state index contributed by atoms with van der Waals surface area (Å²) in [5, 5.41) is 12.8. The van der Waals surface area contributed by atoms with Gasteiger partial charge in [0.25, 0.3) is 5.91 Å². The smallest absolute Gasteiger partial charge is 0.263 e. The Labute approximate surface area is 112 Å². The van der Waals surface area contributed by atoms with E-state index in [0.29, 0.717) is 17.8 Å². The van der Waals surface area contributed by atoms with Crippen molar-refractivity contribution >= 4 is 17.2 Å². The van der Waals surface area contributed by atoms with E-state index >= 15 is 0 Å². The molecule has 102 valence electrons. The number of hydrogen-bond acceptors (Lipinski definition) is 4. The first-order valence-electron chi connectivity index (χ1n) is 6.32. The largest absolute Gasteiger partial charge is 0.396 e. The fraction of sp³-hybridized carbons (Fsp3) is 0.692. The van der Waals surface area contributed by atoms with Crippen LogP contribution in [0.4, 0.5) is 0 Å². The molecule has 18 heavy (non-hydrogen) atoms. The van der Waals surface area contributed by atoms with Crippen LogP contribution in [-0.4, -0.2) is 29.1 Å². The molecule has 0 aliphatic heterocycles. The third-order valence-corrected chi connectivity index (χ3v) is 3.81. The van der Waals surface area contributed by atoms with Crippen molar-refractivity contribution in [2.45, 2.75) is 40.0 Å². The highest BCUT2D eigenvalue weighted by molar-refractivity contribution is 7.13. The lowest BCUT2D eigenvalue weighted by atomic mass is 9.90. The number of aryl methyl sites for hydroxylation is 1. The minimum atomic E-state index is -0.0820. The molecule has 0 atom stereocenters. The Morgan fingerprint density at radius 3 is 2.89 bits per heavy atom. The van der Waals surface area contributed by atoms with Gasteiger partial charge in [-0.1, -0.05) is 20.8 Å². The molecule has 2 N–H and O–H groups in total. The number of aromatic nitrogens is 1. The maximum Gasteiger partial charge on any atom is 0.263 e. The van der Waals surface area contributed by atoms with E-state index in [4.69, 9.17) is 5.11 Å². The highest BCUT2D eigenvalue weighted by atomic mass is 32.1. The quantitative estimate of drug-likeness (QED) is 0.798. The molecule has 0 saturated heterocycles. The van der Waals surface area contributed by atoms with Gasteiger partial charge in [0, 0.05) is 13.2 Å². The van der Waals surface area contributed by atoms with Gasteiger partial charge in [0.1, 0.15) is 4.88 Å². The number of amides is 1. The average molecular weight is 270 g/mol. The number of thiazole rings is 1. The van der Waals surface area contributed by atoms with Gasteiger partial charge in [-0.15, -0.1) is 11.3 Å². The lowest BCUT2D eigenvalue weighted by Crippen LogP contribution is -2.34. The van der Waals surface area contributed by atoms with E-state index in [2.05, 4.69) is 17.2 Å². The maximum absolute atomic E-state index is 11.9. The van der Waals surface area contributed by atoms with Gasteiger partial charge >= 0.3 is 0 Å². The monoisotopic (exact) mass is 270 g/mol. The van der Waals surface area contributed by atoms with Crippen molar-refractivity contribution in [3.63, 3.8) is 0 Å². The normalized spacial score (nSPS) is 11.6. The van der Waals surface area contributed by atoms with Crippen molar-refractivity contribution in [3.05, 3.63) is 16.1 Å². The van der Waals surface area contributed by atoms with Gasteiger partial charge in [-0.05, 0) is 24.7 Å². The molecule has 0 saturated carbocycles. The molecule has 0 aromatic carbocycles. The van der Waals surface area contributed by atoms with Crippen LogP contribution in [0.15, 0.2) is 6.20 Å². The molecular formula is C13H22N2O2S. The highest BCUT2D eigenvalue weighted by Crippen LogP contribution is 2.19. The van der Waals surface area contributed by atoms with Crippen LogP contribution in [-0.2, 0) is 6.42 Å². The zero-order valence-corrected chi connectivity index (χ0v) is 12.1. The first-order chi connectivity index (χ1) is 8.48. The Kier molecular flexibility index (Phi) is 5.75. The van der Waals surface area contributed by atoms with E-state index in [1.807, 2.05) is 13.8 Å². The van der Waals surface area contributed by atoms with E-state index in [9.17, 15) is 4.79 Å². The molecule has 4 nitrogen and oxygen atoms in total. The van der Waals surface area contributed by atoms with Gasteiger partial charge in [-0.2, -0.15) is 0 Å². The summed E-state index contributed by atoms with van der Waals surface area (Å²) in [6, 6.07) is 0. The molecule has 1 rings (SSSR count). The van der Waals surface area contributed by atoms with Crippen LogP contribution in [0, 0.1) is 5.41 Å². The lowest BCUT2D eigenvalue weighted by molar-refractivity contribution is 0.0932. The summed E-state index contributed by atoms with van der Waals surface area (Å²) in [6.45, 7) is 6.85. The van der Waals surface area contributed by atoms with Crippen LogP contribution in [0.3, 0.4) is 0 Å². The molecule has 0 radical (unpaired) electrons. The van der Waals surface area contributed by atoms with Gasteiger partial charge < -0.3 is 10.4 Å². The second-order valence-corrected chi connectivity index (χ2v) is 6.30. The minimum absolute atomic E-state index is 0.0686. The predicted octanol–water partition coefficient (Wildman–Crippen LogP) is 2.23. The summed E-state index contributed by atoms with van der Waals surface area (Å²) in [4.78, 5) is 16.8. The molecule has 0 spiro atoms. The second-order valence-electron chi connectivity index (χ2n) is 5.19. The first kappa shape index (κ1) is 15.1. The van der Waals surface area contributed by atoms with E-state index in [1.165, 1.54) is 11.3 Å². The topological polar surface area (TPSA) is 62.2 Å². The molecule has 0 unspecified atom stereocenters. The Hall–Kier alpha value is -0.940. The lowest BCUT2D eigenvalue weighted by Gasteiger charge is -2.23. The molecular weight excluding hydrogens is 248 g/mol. The number of carbonyl (C=O) groups is 1. The molecule has 1 aromatic rings. The number of aliphatic hydroxyl groups excluding tert-OH is 1. The fourth-order valence-electron chi connectivity index (χ4n) is 1.54. The maximum atomic E-state index is 11.9. The molecule has 0 aliphatic rings. The average Bonchev–Trinajstić information content (AvgIpc) is 2.75. The summed E-state index contributed by atoms with van der Waals surface area (Å²) >= 11 is 1.46. The van der Waals surface area contributed by atoms with Gasteiger partial charge in [0.05, 0.1) is 11.2 Å². The van der Waals surface area contributed by atoms with Crippen molar-refractivity contribution < 1.29 is 9.90 Å². The highest BCUT2D eigenvalue weighted by Gasteiger charge is 2.19. The third kappa shape index (κ3) is 4.74. The third-order valence-electron chi connectivity index (χ3n) is 2.76. The molecule has 0 bridgehead atoms. The summed E-state index contributed by atoms with van der Waals surface area (Å²) in [6.07, 6.45) is 4.28. The number of hydrogen-bond donors (Lipinski definition) is 2. The Morgan fingerprint density at radius 2 is 2.28 bits per heavy atom. The molecule has 0 fully saturated rings. The van der Waals surface area contributed by atoms with Crippen molar-refractivity contribution in [1.29, 1.82) is 0 Å². The summed E-state index contributed by atoms with van der Waals surface area (Å²) in [7, 11) is 0. The van der Waals surface area contributed by atoms with E-state index in [-0.39, 0.29) is 17.9 Å². The number of nitrogens with zero attached hydrogens (tertiary/aromatic N) is 1. The Bertz CT molecular complexity index is 388. The van der Waals surface area contributed by atoms with E-state index in [1.54, 1.807) is 6.20 Å². The van der Waals surface area contributed by atoms with Crippen LogP contribution >= 0.6 is 11.3 Å². The number of rotatable bonds is 7. The minimum Gasteiger partial charge on any atom is -0.396 e. The Balaban J connectivity index is 2.49. The predicted molar refractivity (Wildman–Crippen MR) is 73.9 cm³/mol. The summed E-state index contributed by atoms with van der Waals surface area (Å²) in [5.41, 5.74) is -0.0820. The number of nitrogens with one attached hydrogen (secondary N) is 1. The molecule has 1 heterocycles. The zero-order valence-electron chi connectivity index (χ0n) is 11.3. The van der Waals surface area contributed by atoms with Crippen LogP contribution in [0.1, 0.15) is 48.3 Å². The van der Waals surface area contributed by atoms with Crippen molar-refractivity contribution in [2.75, 3.05) is 13.2 Å². The molecule has 1 amide bonds. The van der Waals surface area contributed by atoms with Crippen LogP contribution in [0.25, 0.3) is 0 Å². The van der Waals surface area contributed by atoms with Gasteiger partial charge in [-0.3, -0.25) is 4.79 Å². The molecule has 1 aromatic heterocycles. The SMILES string of the molecule is CCCc1ncc(C(=O)NCC(C)(C)CCO)s1. The summed E-state index contributed by atoms with van der Waals surface area (Å²) in [5.74, 6) is -0.0686. The van der Waals surface area contributed by atoms with Crippen LogP contribution in [0.2, 0.25) is 0 Å². The molecule has 5 heteroatoms. The van der Waals surface area contributed by atoms with Gasteiger partial charge in [-0.25, -0.2) is 4.98 Å². The van der Waals surface area contributed by atoms with Crippen LogP contribution < -0.4 is 5.32 Å². The Morgan fingerprint density at radius 1 is 1.56 bits per heavy atom. The van der Waals surface area contributed by atoms with Crippen molar-refractivity contribution in [1.82, 2.24) is 10.3 Å². The fourth-order valence-corrected chi connectivity index (χ4v) is 2.48. The van der Waals surface area contributed by atoms with Crippen molar-refractivity contribution in [2.24, 2.45) is 5.41 Å². The van der Waals surface area contributed by atoms with E-state index < -0.39 is 0 Å². The first-order valence-corrected chi connectivity index (χ1v) is 7.14. The van der Waals surface area contributed by atoms with Gasteiger partial charge in [0.15, 0.2) is 0 Å². The number of carbonyl (C=O) groups excluding carboxylic acids is 1. The second kappa shape index (κ2) is 6.85. The standard InChI is InChI=1S/C13H22N2O2S/c1-4-5-11-14-8-10(18-11)12(17)15-9-13(2,3)6-7-16/h8,16H,4-7,9H2,1-3H3,(H,15,17). The number of aliphatic hydroxyl groups is 1. The molecule has 0 aliphatic carbocycles. The zero-order chi connectivity index (χ0) is 13.6. The van der Waals surface area contributed by atoms with Crippen LogP contribution in [0.5, 0.6) is 0 Å². The summed E-state index contributed by atoms with van der Waals surface area (Å²) < 4.78 is 0. The van der Waals surface area contributed by atoms with E-state index in [0.717, 1.165) is 17.8 Å².